The Morgan fingerprint density at radius 2 is 1.84 bits per heavy atom. The number of ether oxygens (including phenoxy) is 1. The number of methoxy groups -OCH3 is 1. The lowest BCUT2D eigenvalue weighted by molar-refractivity contribution is 0.0956. The number of fused-ring (bicyclic) bond motifs is 2. The molecule has 3 N–H and O–H groups in total. The van der Waals surface area contributed by atoms with E-state index < -0.39 is 0 Å². The number of benzene rings is 2. The SMILES string of the molecule is COc1ccc2[nH]cc(CCNC(=O)c3c[nH]c4ccccc34)c2c1. The van der Waals surface area contributed by atoms with Crippen LogP contribution in [0.15, 0.2) is 54.9 Å². The quantitative estimate of drug-likeness (QED) is 0.522. The summed E-state index contributed by atoms with van der Waals surface area (Å²) in [6, 6.07) is 13.8. The smallest absolute Gasteiger partial charge is 0.253 e. The molecule has 0 spiro atoms. The van der Waals surface area contributed by atoms with E-state index in [0.717, 1.165) is 39.5 Å². The molecule has 2 aromatic heterocycles. The first-order valence-corrected chi connectivity index (χ1v) is 8.24. The number of hydrogen-bond donors (Lipinski definition) is 3. The van der Waals surface area contributed by atoms with Gasteiger partial charge >= 0.3 is 0 Å². The molecule has 0 aliphatic heterocycles. The van der Waals surface area contributed by atoms with Gasteiger partial charge in [-0.2, -0.15) is 0 Å². The van der Waals surface area contributed by atoms with E-state index in [-0.39, 0.29) is 5.91 Å². The molecule has 2 heterocycles. The Hall–Kier alpha value is -3.21. The number of rotatable bonds is 5. The fraction of sp³-hybridized carbons (Fsp3) is 0.150. The van der Waals surface area contributed by atoms with Crippen LogP contribution in [-0.4, -0.2) is 29.5 Å². The Labute approximate surface area is 145 Å². The molecule has 25 heavy (non-hydrogen) atoms. The Morgan fingerprint density at radius 3 is 2.72 bits per heavy atom. The van der Waals surface area contributed by atoms with Gasteiger partial charge < -0.3 is 20.0 Å². The van der Waals surface area contributed by atoms with Crippen molar-refractivity contribution in [2.24, 2.45) is 0 Å². The van der Waals surface area contributed by atoms with Crippen LogP contribution in [-0.2, 0) is 6.42 Å². The van der Waals surface area contributed by atoms with Crippen LogP contribution in [0.5, 0.6) is 5.75 Å². The summed E-state index contributed by atoms with van der Waals surface area (Å²) < 4.78 is 5.29. The minimum atomic E-state index is -0.0603. The second kappa shape index (κ2) is 6.36. The highest BCUT2D eigenvalue weighted by molar-refractivity contribution is 6.06. The number of aromatic amines is 2. The topological polar surface area (TPSA) is 69.9 Å². The summed E-state index contributed by atoms with van der Waals surface area (Å²) in [5, 5.41) is 5.07. The third kappa shape index (κ3) is 2.85. The monoisotopic (exact) mass is 333 g/mol. The molecule has 2 aromatic carbocycles. The van der Waals surface area contributed by atoms with Crippen molar-refractivity contribution < 1.29 is 9.53 Å². The van der Waals surface area contributed by atoms with Crippen molar-refractivity contribution in [3.05, 3.63) is 66.0 Å². The van der Waals surface area contributed by atoms with Crippen LogP contribution in [0.3, 0.4) is 0 Å². The van der Waals surface area contributed by atoms with Crippen LogP contribution in [0.1, 0.15) is 15.9 Å². The van der Waals surface area contributed by atoms with Gasteiger partial charge in [-0.05, 0) is 36.2 Å². The van der Waals surface area contributed by atoms with Crippen molar-refractivity contribution in [2.75, 3.05) is 13.7 Å². The molecular weight excluding hydrogens is 314 g/mol. The number of nitrogens with one attached hydrogen (secondary N) is 3. The van der Waals surface area contributed by atoms with Crippen molar-refractivity contribution in [1.29, 1.82) is 0 Å². The van der Waals surface area contributed by atoms with Gasteiger partial charge in [-0.1, -0.05) is 18.2 Å². The molecule has 126 valence electrons. The molecule has 5 nitrogen and oxygen atoms in total. The molecule has 0 radical (unpaired) electrons. The predicted octanol–water partition coefficient (Wildman–Crippen LogP) is 3.63. The van der Waals surface area contributed by atoms with Crippen LogP contribution in [0, 0.1) is 0 Å². The molecule has 0 unspecified atom stereocenters. The maximum Gasteiger partial charge on any atom is 0.253 e. The van der Waals surface area contributed by atoms with Gasteiger partial charge in [-0.3, -0.25) is 4.79 Å². The average molecular weight is 333 g/mol. The highest BCUT2D eigenvalue weighted by atomic mass is 16.5. The normalized spacial score (nSPS) is 11.1. The van der Waals surface area contributed by atoms with E-state index in [4.69, 9.17) is 4.74 Å². The summed E-state index contributed by atoms with van der Waals surface area (Å²) in [6.07, 6.45) is 4.50. The number of amides is 1. The van der Waals surface area contributed by atoms with Gasteiger partial charge in [0.25, 0.3) is 5.91 Å². The minimum Gasteiger partial charge on any atom is -0.497 e. The third-order valence-electron chi connectivity index (χ3n) is 4.49. The summed E-state index contributed by atoms with van der Waals surface area (Å²) in [5.74, 6) is 0.769. The zero-order valence-electron chi connectivity index (χ0n) is 13.9. The number of aromatic nitrogens is 2. The molecule has 0 bridgehead atoms. The van der Waals surface area contributed by atoms with E-state index in [1.54, 1.807) is 13.3 Å². The van der Waals surface area contributed by atoms with E-state index in [1.165, 1.54) is 0 Å². The molecule has 0 saturated carbocycles. The molecule has 5 heteroatoms. The first kappa shape index (κ1) is 15.3. The first-order chi connectivity index (χ1) is 12.3. The van der Waals surface area contributed by atoms with Gasteiger partial charge in [0.05, 0.1) is 12.7 Å². The highest BCUT2D eigenvalue weighted by Gasteiger charge is 2.11. The largest absolute Gasteiger partial charge is 0.497 e. The number of hydrogen-bond acceptors (Lipinski definition) is 2. The molecule has 0 aliphatic carbocycles. The summed E-state index contributed by atoms with van der Waals surface area (Å²) in [5.41, 5.74) is 3.87. The van der Waals surface area contributed by atoms with Crippen LogP contribution in [0.4, 0.5) is 0 Å². The highest BCUT2D eigenvalue weighted by Crippen LogP contribution is 2.24. The van der Waals surface area contributed by atoms with Gasteiger partial charge in [0.1, 0.15) is 5.75 Å². The van der Waals surface area contributed by atoms with Crippen molar-refractivity contribution in [1.82, 2.24) is 15.3 Å². The van der Waals surface area contributed by atoms with Gasteiger partial charge in [-0.15, -0.1) is 0 Å². The number of H-pyrrole nitrogens is 2. The second-order valence-corrected chi connectivity index (χ2v) is 5.98. The van der Waals surface area contributed by atoms with Crippen molar-refractivity contribution in [2.45, 2.75) is 6.42 Å². The molecule has 0 saturated heterocycles. The van der Waals surface area contributed by atoms with Crippen LogP contribution < -0.4 is 10.1 Å². The number of para-hydroxylation sites is 1. The lowest BCUT2D eigenvalue weighted by Crippen LogP contribution is -2.25. The summed E-state index contributed by atoms with van der Waals surface area (Å²) >= 11 is 0. The third-order valence-corrected chi connectivity index (χ3v) is 4.49. The Morgan fingerprint density at radius 1 is 1.04 bits per heavy atom. The molecular formula is C20H19N3O2. The van der Waals surface area contributed by atoms with Crippen molar-refractivity contribution in [3.8, 4) is 5.75 Å². The molecule has 4 rings (SSSR count). The minimum absolute atomic E-state index is 0.0603. The van der Waals surface area contributed by atoms with E-state index >= 15 is 0 Å². The predicted molar refractivity (Wildman–Crippen MR) is 99.2 cm³/mol. The Kier molecular flexibility index (Phi) is 3.90. The maximum absolute atomic E-state index is 12.5. The van der Waals surface area contributed by atoms with Crippen LogP contribution in [0.25, 0.3) is 21.8 Å². The van der Waals surface area contributed by atoms with Crippen LogP contribution in [0.2, 0.25) is 0 Å². The molecule has 0 aliphatic rings. The summed E-state index contributed by atoms with van der Waals surface area (Å²) in [4.78, 5) is 18.8. The van der Waals surface area contributed by atoms with E-state index in [1.807, 2.05) is 48.7 Å². The molecule has 0 fully saturated rings. The van der Waals surface area contributed by atoms with E-state index in [0.29, 0.717) is 12.1 Å². The standard InChI is InChI=1S/C20H19N3O2/c1-25-14-6-7-19-16(10-14)13(11-22-19)8-9-21-20(24)17-12-23-18-5-3-2-4-15(17)18/h2-7,10-12,22-23H,8-9H2,1H3,(H,21,24). The fourth-order valence-electron chi connectivity index (χ4n) is 3.16. The molecule has 1 amide bonds. The number of carbonyl (C=O) groups excluding carboxylic acids is 1. The van der Waals surface area contributed by atoms with Gasteiger partial charge in [0.15, 0.2) is 0 Å². The molecule has 0 atom stereocenters. The summed E-state index contributed by atoms with van der Waals surface area (Å²) in [7, 11) is 1.66. The van der Waals surface area contributed by atoms with Gasteiger partial charge in [0.2, 0.25) is 0 Å². The fourth-order valence-corrected chi connectivity index (χ4v) is 3.16. The second-order valence-electron chi connectivity index (χ2n) is 5.98. The van der Waals surface area contributed by atoms with Gasteiger partial charge in [0, 0.05) is 40.7 Å². The lowest BCUT2D eigenvalue weighted by atomic mass is 10.1. The van der Waals surface area contributed by atoms with Gasteiger partial charge in [-0.25, -0.2) is 0 Å². The Balaban J connectivity index is 1.46. The lowest BCUT2D eigenvalue weighted by Gasteiger charge is -2.05. The number of carbonyl (C=O) groups is 1. The van der Waals surface area contributed by atoms with Crippen molar-refractivity contribution in [3.63, 3.8) is 0 Å². The average Bonchev–Trinajstić information content (AvgIpc) is 3.25. The first-order valence-electron chi connectivity index (χ1n) is 8.24. The van der Waals surface area contributed by atoms with Crippen molar-refractivity contribution >= 4 is 27.7 Å². The van der Waals surface area contributed by atoms with E-state index in [9.17, 15) is 4.79 Å². The van der Waals surface area contributed by atoms with Crippen LogP contribution >= 0.6 is 0 Å². The summed E-state index contributed by atoms with van der Waals surface area (Å²) in [6.45, 7) is 0.572. The zero-order chi connectivity index (χ0) is 17.2. The van der Waals surface area contributed by atoms with E-state index in [2.05, 4.69) is 15.3 Å². The zero-order valence-corrected chi connectivity index (χ0v) is 13.9. The maximum atomic E-state index is 12.5. The Bertz CT molecular complexity index is 1050. The molecule has 4 aromatic rings.